The summed E-state index contributed by atoms with van der Waals surface area (Å²) in [6.07, 6.45) is 0.780. The van der Waals surface area contributed by atoms with E-state index in [9.17, 15) is 19.5 Å². The van der Waals surface area contributed by atoms with Gasteiger partial charge in [-0.2, -0.15) is 0 Å². The SMILES string of the molecule is C[C@H](CC(Cc1ccc(-c2ccccc2)cc1)NC(=O)c1ccc(C(N)=O)s1)C(=O)O. The summed E-state index contributed by atoms with van der Waals surface area (Å²) in [7, 11) is 0. The number of thiophene rings is 1. The van der Waals surface area contributed by atoms with Gasteiger partial charge < -0.3 is 16.2 Å². The van der Waals surface area contributed by atoms with Crippen molar-refractivity contribution >= 4 is 29.1 Å². The molecule has 0 saturated heterocycles. The highest BCUT2D eigenvalue weighted by Crippen LogP contribution is 2.21. The van der Waals surface area contributed by atoms with Gasteiger partial charge in [0.2, 0.25) is 0 Å². The van der Waals surface area contributed by atoms with Gasteiger partial charge in [-0.25, -0.2) is 0 Å². The van der Waals surface area contributed by atoms with E-state index >= 15 is 0 Å². The van der Waals surface area contributed by atoms with E-state index in [4.69, 9.17) is 5.73 Å². The molecule has 0 bridgehead atoms. The quantitative estimate of drug-likeness (QED) is 0.471. The van der Waals surface area contributed by atoms with Gasteiger partial charge in [0.25, 0.3) is 11.8 Å². The molecule has 31 heavy (non-hydrogen) atoms. The Labute approximate surface area is 184 Å². The minimum absolute atomic E-state index is 0.287. The molecule has 3 aromatic rings. The molecule has 0 aliphatic heterocycles. The molecule has 4 N–H and O–H groups in total. The number of rotatable bonds is 9. The predicted molar refractivity (Wildman–Crippen MR) is 121 cm³/mol. The highest BCUT2D eigenvalue weighted by molar-refractivity contribution is 7.15. The van der Waals surface area contributed by atoms with Gasteiger partial charge in [-0.1, -0.05) is 61.5 Å². The zero-order chi connectivity index (χ0) is 22.4. The van der Waals surface area contributed by atoms with Gasteiger partial charge in [-0.15, -0.1) is 11.3 Å². The third-order valence-electron chi connectivity index (χ3n) is 5.01. The van der Waals surface area contributed by atoms with E-state index in [1.165, 1.54) is 6.07 Å². The third-order valence-corrected chi connectivity index (χ3v) is 6.11. The lowest BCUT2D eigenvalue weighted by atomic mass is 9.95. The van der Waals surface area contributed by atoms with Crippen molar-refractivity contribution in [1.29, 1.82) is 0 Å². The normalized spacial score (nSPS) is 12.7. The molecule has 0 saturated carbocycles. The number of hydrogen-bond acceptors (Lipinski definition) is 4. The predicted octanol–water partition coefficient (Wildman–Crippen LogP) is 3.97. The first-order valence-corrected chi connectivity index (χ1v) is 10.7. The van der Waals surface area contributed by atoms with Crippen molar-refractivity contribution in [2.45, 2.75) is 25.8 Å². The summed E-state index contributed by atoms with van der Waals surface area (Å²) in [5, 5.41) is 12.2. The molecule has 2 aromatic carbocycles. The fraction of sp³-hybridized carbons (Fsp3) is 0.208. The van der Waals surface area contributed by atoms with Crippen LogP contribution < -0.4 is 11.1 Å². The second-order valence-corrected chi connectivity index (χ2v) is 8.52. The van der Waals surface area contributed by atoms with Crippen molar-refractivity contribution in [2.75, 3.05) is 0 Å². The van der Waals surface area contributed by atoms with E-state index < -0.39 is 17.8 Å². The average Bonchev–Trinajstić information content (AvgIpc) is 3.25. The Morgan fingerprint density at radius 2 is 1.55 bits per heavy atom. The number of primary amides is 1. The van der Waals surface area contributed by atoms with Crippen LogP contribution in [0.4, 0.5) is 0 Å². The van der Waals surface area contributed by atoms with Crippen molar-refractivity contribution in [1.82, 2.24) is 5.32 Å². The zero-order valence-corrected chi connectivity index (χ0v) is 17.9. The molecule has 1 heterocycles. The van der Waals surface area contributed by atoms with E-state index in [0.717, 1.165) is 28.0 Å². The van der Waals surface area contributed by atoms with E-state index in [0.29, 0.717) is 16.2 Å². The first kappa shape index (κ1) is 22.2. The highest BCUT2D eigenvalue weighted by Gasteiger charge is 2.22. The van der Waals surface area contributed by atoms with Crippen LogP contribution in [0.25, 0.3) is 11.1 Å². The maximum Gasteiger partial charge on any atom is 0.306 e. The number of hydrogen-bond donors (Lipinski definition) is 3. The molecule has 1 aromatic heterocycles. The molecular formula is C24H24N2O4S. The standard InChI is InChI=1S/C24H24N2O4S/c1-15(24(29)30)13-19(26-23(28)21-12-11-20(31-21)22(25)27)14-16-7-9-18(10-8-16)17-5-3-2-4-6-17/h2-12,15,19H,13-14H2,1H3,(H2,25,27)(H,26,28)(H,29,30)/t15-,19?/m1/s1. The first-order valence-electron chi connectivity index (χ1n) is 9.91. The van der Waals surface area contributed by atoms with Crippen LogP contribution in [0.15, 0.2) is 66.7 Å². The molecule has 3 rings (SSSR count). The fourth-order valence-corrected chi connectivity index (χ4v) is 4.08. The molecule has 1 unspecified atom stereocenters. The van der Waals surface area contributed by atoms with E-state index in [1.807, 2.05) is 54.6 Å². The van der Waals surface area contributed by atoms with Gasteiger partial charge in [0.1, 0.15) is 0 Å². The summed E-state index contributed by atoms with van der Waals surface area (Å²) in [5.74, 6) is -2.45. The Morgan fingerprint density at radius 3 is 2.13 bits per heavy atom. The number of carboxylic acids is 1. The summed E-state index contributed by atoms with van der Waals surface area (Å²) in [5.41, 5.74) is 8.45. The van der Waals surface area contributed by atoms with Crippen molar-refractivity contribution in [3.8, 4) is 11.1 Å². The van der Waals surface area contributed by atoms with Gasteiger partial charge in [-0.05, 0) is 41.7 Å². The van der Waals surface area contributed by atoms with Crippen LogP contribution in [-0.4, -0.2) is 28.9 Å². The summed E-state index contributed by atoms with van der Waals surface area (Å²) in [6.45, 7) is 1.62. The molecule has 2 atom stereocenters. The van der Waals surface area contributed by atoms with Gasteiger partial charge in [0.05, 0.1) is 15.7 Å². The maximum atomic E-state index is 12.7. The second kappa shape index (κ2) is 10.0. The number of nitrogens with two attached hydrogens (primary N) is 1. The van der Waals surface area contributed by atoms with Crippen LogP contribution >= 0.6 is 11.3 Å². The van der Waals surface area contributed by atoms with Crippen LogP contribution in [0.1, 0.15) is 38.3 Å². The minimum atomic E-state index is -0.911. The number of aliphatic carboxylic acids is 1. The molecule has 0 radical (unpaired) electrons. The van der Waals surface area contributed by atoms with Crippen molar-refractivity contribution in [2.24, 2.45) is 11.7 Å². The number of carboxylic acid groups (broad SMARTS) is 1. The second-order valence-electron chi connectivity index (χ2n) is 7.44. The van der Waals surface area contributed by atoms with E-state index in [2.05, 4.69) is 5.32 Å². The van der Waals surface area contributed by atoms with Gasteiger partial charge in [0, 0.05) is 6.04 Å². The summed E-state index contributed by atoms with van der Waals surface area (Å²) in [6, 6.07) is 20.7. The first-order chi connectivity index (χ1) is 14.8. The Morgan fingerprint density at radius 1 is 0.935 bits per heavy atom. The van der Waals surface area contributed by atoms with Crippen LogP contribution in [-0.2, 0) is 11.2 Å². The lowest BCUT2D eigenvalue weighted by Crippen LogP contribution is -2.38. The summed E-state index contributed by atoms with van der Waals surface area (Å²) in [4.78, 5) is 36.0. The van der Waals surface area contributed by atoms with E-state index in [1.54, 1.807) is 13.0 Å². The Balaban J connectivity index is 1.74. The molecule has 0 spiro atoms. The molecule has 6 nitrogen and oxygen atoms in total. The molecule has 160 valence electrons. The van der Waals surface area contributed by atoms with Gasteiger partial charge in [0.15, 0.2) is 0 Å². The van der Waals surface area contributed by atoms with Crippen LogP contribution in [0, 0.1) is 5.92 Å². The number of carbonyl (C=O) groups excluding carboxylic acids is 2. The topological polar surface area (TPSA) is 109 Å². The largest absolute Gasteiger partial charge is 0.481 e. The highest BCUT2D eigenvalue weighted by atomic mass is 32.1. The van der Waals surface area contributed by atoms with Gasteiger partial charge in [-0.3, -0.25) is 14.4 Å². The number of benzene rings is 2. The van der Waals surface area contributed by atoms with Crippen LogP contribution in [0.3, 0.4) is 0 Å². The monoisotopic (exact) mass is 436 g/mol. The Bertz CT molecular complexity index is 1060. The molecule has 0 aliphatic carbocycles. The van der Waals surface area contributed by atoms with Crippen molar-refractivity contribution < 1.29 is 19.5 Å². The number of carbonyl (C=O) groups is 3. The fourth-order valence-electron chi connectivity index (χ4n) is 3.32. The smallest absolute Gasteiger partial charge is 0.306 e. The number of amides is 2. The average molecular weight is 437 g/mol. The lowest BCUT2D eigenvalue weighted by molar-refractivity contribution is -0.141. The zero-order valence-electron chi connectivity index (χ0n) is 17.1. The summed E-state index contributed by atoms with van der Waals surface area (Å²) >= 11 is 1.02. The van der Waals surface area contributed by atoms with Crippen molar-refractivity contribution in [3.05, 3.63) is 82.0 Å². The Hall–Kier alpha value is -3.45. The minimum Gasteiger partial charge on any atom is -0.481 e. The molecule has 2 amide bonds. The van der Waals surface area contributed by atoms with Gasteiger partial charge >= 0.3 is 5.97 Å². The molecule has 7 heteroatoms. The molecule has 0 fully saturated rings. The maximum absolute atomic E-state index is 12.7. The van der Waals surface area contributed by atoms with Crippen LogP contribution in [0.5, 0.6) is 0 Å². The summed E-state index contributed by atoms with van der Waals surface area (Å²) < 4.78 is 0. The van der Waals surface area contributed by atoms with Crippen molar-refractivity contribution in [3.63, 3.8) is 0 Å². The Kier molecular flexibility index (Phi) is 7.20. The lowest BCUT2D eigenvalue weighted by Gasteiger charge is -2.21. The molecular weight excluding hydrogens is 412 g/mol. The molecule has 0 aliphatic rings. The van der Waals surface area contributed by atoms with E-state index in [-0.39, 0.29) is 18.4 Å². The number of nitrogens with one attached hydrogen (secondary N) is 1. The van der Waals surface area contributed by atoms with Crippen LogP contribution in [0.2, 0.25) is 0 Å². The third kappa shape index (κ3) is 6.02.